The van der Waals surface area contributed by atoms with E-state index in [1.54, 1.807) is 6.07 Å². The van der Waals surface area contributed by atoms with Gasteiger partial charge in [0, 0.05) is 45.9 Å². The summed E-state index contributed by atoms with van der Waals surface area (Å²) in [5, 5.41) is 3.21. The molecule has 0 aromatic heterocycles. The molecular weight excluding hydrogens is 337 g/mol. The Morgan fingerprint density at radius 2 is 2.15 bits per heavy atom. The average Bonchev–Trinajstić information content (AvgIpc) is 3.16. The largest absolute Gasteiger partial charge is 0.494 e. The number of ether oxygens (including phenoxy) is 2. The van der Waals surface area contributed by atoms with Crippen LogP contribution in [-0.2, 0) is 16.1 Å². The van der Waals surface area contributed by atoms with Crippen molar-refractivity contribution in [1.82, 2.24) is 15.1 Å². The Morgan fingerprint density at radius 3 is 2.81 bits per heavy atom. The second kappa shape index (κ2) is 9.30. The van der Waals surface area contributed by atoms with Crippen LogP contribution in [-0.4, -0.2) is 74.8 Å². The summed E-state index contributed by atoms with van der Waals surface area (Å²) in [6.07, 6.45) is 2.44. The van der Waals surface area contributed by atoms with Crippen LogP contribution >= 0.6 is 0 Å². The lowest BCUT2D eigenvalue weighted by molar-refractivity contribution is -0.132. The molecule has 0 radical (unpaired) electrons. The highest BCUT2D eigenvalue weighted by Crippen LogP contribution is 2.19. The van der Waals surface area contributed by atoms with E-state index in [2.05, 4.69) is 10.2 Å². The number of halogens is 1. The summed E-state index contributed by atoms with van der Waals surface area (Å²) in [6, 6.07) is 5.06. The van der Waals surface area contributed by atoms with Gasteiger partial charge in [-0.1, -0.05) is 6.07 Å². The van der Waals surface area contributed by atoms with Gasteiger partial charge in [0.1, 0.15) is 0 Å². The topological polar surface area (TPSA) is 54.0 Å². The van der Waals surface area contributed by atoms with Gasteiger partial charge in [-0.05, 0) is 30.5 Å². The highest BCUT2D eigenvalue weighted by Gasteiger charge is 2.22. The quantitative estimate of drug-likeness (QED) is 0.788. The van der Waals surface area contributed by atoms with Crippen LogP contribution in [0.1, 0.15) is 18.4 Å². The molecule has 0 aliphatic carbocycles. The summed E-state index contributed by atoms with van der Waals surface area (Å²) >= 11 is 0. The van der Waals surface area contributed by atoms with E-state index >= 15 is 0 Å². The maximum absolute atomic E-state index is 13.8. The monoisotopic (exact) mass is 365 g/mol. The Balaban J connectivity index is 1.38. The molecule has 0 saturated carbocycles. The lowest BCUT2D eigenvalue weighted by atomic mass is 10.2. The van der Waals surface area contributed by atoms with Crippen molar-refractivity contribution in [1.29, 1.82) is 0 Å². The summed E-state index contributed by atoms with van der Waals surface area (Å²) in [7, 11) is 1.46. The standard InChI is InChI=1S/C19H28FN3O3/c1-25-18-5-4-15(11-17(18)20)14-22-6-8-23(9-7-22)19(24)13-21-12-16-3-2-10-26-16/h4-5,11,16,21H,2-3,6-10,12-14H2,1H3. The zero-order chi connectivity index (χ0) is 18.4. The molecule has 7 heteroatoms. The third-order valence-corrected chi connectivity index (χ3v) is 5.02. The van der Waals surface area contributed by atoms with Gasteiger partial charge in [-0.15, -0.1) is 0 Å². The molecular formula is C19H28FN3O3. The van der Waals surface area contributed by atoms with Crippen molar-refractivity contribution in [2.45, 2.75) is 25.5 Å². The van der Waals surface area contributed by atoms with Crippen LogP contribution in [0, 0.1) is 5.82 Å². The van der Waals surface area contributed by atoms with Crippen LogP contribution in [0.4, 0.5) is 4.39 Å². The Labute approximate surface area is 154 Å². The lowest BCUT2D eigenvalue weighted by Gasteiger charge is -2.35. The summed E-state index contributed by atoms with van der Waals surface area (Å²) in [5.74, 6) is 0.0638. The highest BCUT2D eigenvalue weighted by atomic mass is 19.1. The number of nitrogens with zero attached hydrogens (tertiary/aromatic N) is 2. The minimum atomic E-state index is -0.337. The molecule has 0 bridgehead atoms. The third kappa shape index (κ3) is 5.16. The fourth-order valence-corrected chi connectivity index (χ4v) is 3.48. The van der Waals surface area contributed by atoms with E-state index < -0.39 is 0 Å². The number of carbonyl (C=O) groups is 1. The van der Waals surface area contributed by atoms with Crippen molar-refractivity contribution < 1.29 is 18.7 Å². The average molecular weight is 365 g/mol. The smallest absolute Gasteiger partial charge is 0.236 e. The van der Waals surface area contributed by atoms with Gasteiger partial charge in [0.05, 0.1) is 19.8 Å². The second-order valence-electron chi connectivity index (χ2n) is 6.89. The third-order valence-electron chi connectivity index (χ3n) is 5.02. The van der Waals surface area contributed by atoms with Crippen molar-refractivity contribution in [2.75, 3.05) is 53.0 Å². The van der Waals surface area contributed by atoms with E-state index in [0.717, 1.165) is 44.6 Å². The second-order valence-corrected chi connectivity index (χ2v) is 6.89. The van der Waals surface area contributed by atoms with Gasteiger partial charge in [0.25, 0.3) is 0 Å². The lowest BCUT2D eigenvalue weighted by Crippen LogP contribution is -2.50. The number of benzene rings is 1. The Kier molecular flexibility index (Phi) is 6.82. The Bertz CT molecular complexity index is 600. The summed E-state index contributed by atoms with van der Waals surface area (Å²) < 4.78 is 24.3. The first-order valence-electron chi connectivity index (χ1n) is 9.30. The van der Waals surface area contributed by atoms with E-state index in [-0.39, 0.29) is 23.6 Å². The van der Waals surface area contributed by atoms with E-state index in [9.17, 15) is 9.18 Å². The first kappa shape index (κ1) is 19.1. The normalized spacial score (nSPS) is 21.2. The Morgan fingerprint density at radius 1 is 1.35 bits per heavy atom. The van der Waals surface area contributed by atoms with Gasteiger partial charge in [0.15, 0.2) is 11.6 Å². The molecule has 1 aromatic carbocycles. The molecule has 26 heavy (non-hydrogen) atoms. The van der Waals surface area contributed by atoms with Crippen molar-refractivity contribution in [3.8, 4) is 5.75 Å². The molecule has 6 nitrogen and oxygen atoms in total. The Hall–Kier alpha value is -1.70. The van der Waals surface area contributed by atoms with Crippen LogP contribution in [0.15, 0.2) is 18.2 Å². The van der Waals surface area contributed by atoms with Gasteiger partial charge in [-0.3, -0.25) is 9.69 Å². The van der Waals surface area contributed by atoms with Gasteiger partial charge in [-0.2, -0.15) is 0 Å². The number of piperazine rings is 1. The first-order chi connectivity index (χ1) is 12.7. The maximum atomic E-state index is 13.8. The molecule has 3 rings (SSSR count). The number of amides is 1. The van der Waals surface area contributed by atoms with Crippen LogP contribution in [0.2, 0.25) is 0 Å². The van der Waals surface area contributed by atoms with E-state index in [1.807, 2.05) is 11.0 Å². The van der Waals surface area contributed by atoms with E-state index in [0.29, 0.717) is 26.2 Å². The van der Waals surface area contributed by atoms with Gasteiger partial charge < -0.3 is 19.7 Å². The fourth-order valence-electron chi connectivity index (χ4n) is 3.48. The molecule has 2 saturated heterocycles. The van der Waals surface area contributed by atoms with Crippen LogP contribution in [0.5, 0.6) is 5.75 Å². The molecule has 2 fully saturated rings. The molecule has 2 aliphatic heterocycles. The minimum Gasteiger partial charge on any atom is -0.494 e. The van der Waals surface area contributed by atoms with Gasteiger partial charge >= 0.3 is 0 Å². The van der Waals surface area contributed by atoms with Crippen molar-refractivity contribution >= 4 is 5.91 Å². The molecule has 1 amide bonds. The van der Waals surface area contributed by atoms with Crippen LogP contribution < -0.4 is 10.1 Å². The number of methoxy groups -OCH3 is 1. The first-order valence-corrected chi connectivity index (χ1v) is 9.30. The zero-order valence-corrected chi connectivity index (χ0v) is 15.4. The summed E-state index contributed by atoms with van der Waals surface area (Å²) in [5.41, 5.74) is 0.918. The summed E-state index contributed by atoms with van der Waals surface area (Å²) in [6.45, 7) is 5.63. The predicted octanol–water partition coefficient (Wildman–Crippen LogP) is 1.25. The molecule has 0 spiro atoms. The number of carbonyl (C=O) groups excluding carboxylic acids is 1. The molecule has 2 heterocycles. The van der Waals surface area contributed by atoms with Crippen molar-refractivity contribution in [3.63, 3.8) is 0 Å². The molecule has 1 atom stereocenters. The highest BCUT2D eigenvalue weighted by molar-refractivity contribution is 5.78. The van der Waals surface area contributed by atoms with Gasteiger partial charge in [0.2, 0.25) is 5.91 Å². The fraction of sp³-hybridized carbons (Fsp3) is 0.632. The number of rotatable bonds is 7. The maximum Gasteiger partial charge on any atom is 0.236 e. The van der Waals surface area contributed by atoms with Crippen molar-refractivity contribution in [3.05, 3.63) is 29.6 Å². The molecule has 1 aromatic rings. The minimum absolute atomic E-state index is 0.137. The summed E-state index contributed by atoms with van der Waals surface area (Å²) in [4.78, 5) is 16.4. The van der Waals surface area contributed by atoms with E-state index in [4.69, 9.17) is 9.47 Å². The predicted molar refractivity (Wildman–Crippen MR) is 96.7 cm³/mol. The number of hydrogen-bond donors (Lipinski definition) is 1. The molecule has 144 valence electrons. The number of hydrogen-bond acceptors (Lipinski definition) is 5. The van der Waals surface area contributed by atoms with Crippen LogP contribution in [0.25, 0.3) is 0 Å². The van der Waals surface area contributed by atoms with Crippen molar-refractivity contribution in [2.24, 2.45) is 0 Å². The molecule has 1 unspecified atom stereocenters. The van der Waals surface area contributed by atoms with Crippen LogP contribution in [0.3, 0.4) is 0 Å². The van der Waals surface area contributed by atoms with Gasteiger partial charge in [-0.25, -0.2) is 4.39 Å². The molecule has 2 aliphatic rings. The SMILES string of the molecule is COc1ccc(CN2CCN(C(=O)CNCC3CCCO3)CC2)cc1F. The van der Waals surface area contributed by atoms with E-state index in [1.165, 1.54) is 13.2 Å². The molecule has 1 N–H and O–H groups in total. The zero-order valence-electron chi connectivity index (χ0n) is 15.4. The number of nitrogens with one attached hydrogen (secondary N) is 1.